The van der Waals surface area contributed by atoms with Crippen molar-refractivity contribution in [3.8, 4) is 5.75 Å². The molecule has 2 heterocycles. The van der Waals surface area contributed by atoms with E-state index in [0.717, 1.165) is 17.7 Å². The number of amides is 2. The van der Waals surface area contributed by atoms with Crippen LogP contribution in [-0.2, 0) is 11.2 Å². The third-order valence-electron chi connectivity index (χ3n) is 4.07. The summed E-state index contributed by atoms with van der Waals surface area (Å²) < 4.78 is 10.7. The zero-order valence-electron chi connectivity index (χ0n) is 16.6. The molecule has 0 atom stereocenters. The van der Waals surface area contributed by atoms with E-state index in [1.807, 2.05) is 6.07 Å². The van der Waals surface area contributed by atoms with Crippen LogP contribution in [0.3, 0.4) is 0 Å². The van der Waals surface area contributed by atoms with E-state index in [-0.39, 0.29) is 24.3 Å². The van der Waals surface area contributed by atoms with Gasteiger partial charge < -0.3 is 14.8 Å². The van der Waals surface area contributed by atoms with Crippen molar-refractivity contribution in [2.45, 2.75) is 32.8 Å². The first kappa shape index (κ1) is 20.9. The molecule has 29 heavy (non-hydrogen) atoms. The predicted octanol–water partition coefficient (Wildman–Crippen LogP) is 3.24. The third kappa shape index (κ3) is 5.57. The summed E-state index contributed by atoms with van der Waals surface area (Å²) in [5, 5.41) is 2.68. The van der Waals surface area contributed by atoms with Gasteiger partial charge in [-0.3, -0.25) is 9.69 Å². The number of hydrogen-bond donors (Lipinski definition) is 1. The molecule has 8 nitrogen and oxygen atoms in total. The fraction of sp³-hybridized carbons (Fsp3) is 0.400. The molecule has 0 fully saturated rings. The van der Waals surface area contributed by atoms with Gasteiger partial charge in [0.1, 0.15) is 17.2 Å². The Bertz CT molecular complexity index is 914. The normalized spacial score (nSPS) is 12.7. The van der Waals surface area contributed by atoms with Crippen LogP contribution in [0.5, 0.6) is 5.75 Å². The lowest BCUT2D eigenvalue weighted by Gasteiger charge is -2.23. The Balaban J connectivity index is 1.76. The van der Waals surface area contributed by atoms with Crippen LogP contribution in [0, 0.1) is 0 Å². The number of alkyl carbamates (subject to hydrolysis) is 1. The maximum atomic E-state index is 13.2. The summed E-state index contributed by atoms with van der Waals surface area (Å²) in [6.07, 6.45) is 1.68. The summed E-state index contributed by atoms with van der Waals surface area (Å²) in [4.78, 5) is 34.5. The Morgan fingerprint density at radius 1 is 1.31 bits per heavy atom. The number of anilines is 1. The summed E-state index contributed by atoms with van der Waals surface area (Å²) in [7, 11) is 0. The minimum atomic E-state index is -0.605. The number of carbonyl (C=O) groups is 2. The second-order valence-corrected chi connectivity index (χ2v) is 7.83. The van der Waals surface area contributed by atoms with E-state index in [1.165, 1.54) is 11.1 Å². The second-order valence-electron chi connectivity index (χ2n) is 7.49. The molecule has 1 aliphatic heterocycles. The van der Waals surface area contributed by atoms with Crippen LogP contribution >= 0.6 is 11.6 Å². The lowest BCUT2D eigenvalue weighted by atomic mass is 10.1. The first-order valence-corrected chi connectivity index (χ1v) is 9.64. The lowest BCUT2D eigenvalue weighted by molar-refractivity contribution is 0.0528. The molecule has 1 aromatic heterocycles. The number of ether oxygens (including phenoxy) is 2. The molecule has 1 N–H and O–H groups in total. The summed E-state index contributed by atoms with van der Waals surface area (Å²) in [5.41, 5.74) is 0.886. The van der Waals surface area contributed by atoms with Gasteiger partial charge in [0.2, 0.25) is 5.28 Å². The highest BCUT2D eigenvalue weighted by atomic mass is 35.5. The van der Waals surface area contributed by atoms with Gasteiger partial charge in [-0.25, -0.2) is 14.8 Å². The predicted molar refractivity (Wildman–Crippen MR) is 109 cm³/mol. The van der Waals surface area contributed by atoms with Crippen molar-refractivity contribution in [2.24, 2.45) is 0 Å². The fourth-order valence-electron chi connectivity index (χ4n) is 2.86. The van der Waals surface area contributed by atoms with Gasteiger partial charge in [-0.2, -0.15) is 0 Å². The average Bonchev–Trinajstić information content (AvgIpc) is 3.11. The van der Waals surface area contributed by atoms with Crippen LogP contribution in [0.4, 0.5) is 10.6 Å². The van der Waals surface area contributed by atoms with Crippen LogP contribution in [-0.4, -0.2) is 47.3 Å². The summed E-state index contributed by atoms with van der Waals surface area (Å²) >= 11 is 5.91. The molecule has 0 unspecified atom stereocenters. The maximum Gasteiger partial charge on any atom is 0.407 e. The van der Waals surface area contributed by atoms with E-state index in [2.05, 4.69) is 15.3 Å². The third-order valence-corrected chi connectivity index (χ3v) is 4.26. The van der Waals surface area contributed by atoms with Crippen molar-refractivity contribution in [3.63, 3.8) is 0 Å². The Morgan fingerprint density at radius 2 is 2.10 bits per heavy atom. The number of aromatic nitrogens is 2. The Labute approximate surface area is 174 Å². The standard InChI is InChI=1S/C20H23ClN4O4/c1-20(2,3)29-19(27)23-9-10-25(16-6-8-22-18(21)24-16)17(26)14-4-5-15-13(12-14)7-11-28-15/h4-6,8,12H,7,9-11H2,1-3H3,(H,23,27). The van der Waals surface area contributed by atoms with Crippen molar-refractivity contribution in [2.75, 3.05) is 24.6 Å². The zero-order chi connectivity index (χ0) is 21.0. The number of rotatable bonds is 5. The molecule has 1 aliphatic rings. The van der Waals surface area contributed by atoms with Gasteiger partial charge in [0.15, 0.2) is 0 Å². The number of carbonyl (C=O) groups excluding carboxylic acids is 2. The summed E-state index contributed by atoms with van der Waals surface area (Å²) in [5.74, 6) is 0.878. The lowest BCUT2D eigenvalue weighted by Crippen LogP contribution is -2.41. The molecule has 154 valence electrons. The van der Waals surface area contributed by atoms with Gasteiger partial charge in [0.25, 0.3) is 5.91 Å². The van der Waals surface area contributed by atoms with Crippen molar-refractivity contribution in [1.82, 2.24) is 15.3 Å². The Hall–Kier alpha value is -2.87. The monoisotopic (exact) mass is 418 g/mol. The van der Waals surface area contributed by atoms with Gasteiger partial charge in [0, 0.05) is 31.3 Å². The molecule has 9 heteroatoms. The molecule has 0 radical (unpaired) electrons. The Kier molecular flexibility index (Phi) is 6.22. The van der Waals surface area contributed by atoms with Gasteiger partial charge in [-0.05, 0) is 62.2 Å². The van der Waals surface area contributed by atoms with E-state index in [1.54, 1.807) is 39.0 Å². The van der Waals surface area contributed by atoms with Crippen LogP contribution in [0.25, 0.3) is 0 Å². The van der Waals surface area contributed by atoms with Gasteiger partial charge in [-0.15, -0.1) is 0 Å². The molecular formula is C20H23ClN4O4. The smallest absolute Gasteiger partial charge is 0.407 e. The second kappa shape index (κ2) is 8.65. The number of halogens is 1. The van der Waals surface area contributed by atoms with Crippen molar-refractivity contribution in [3.05, 3.63) is 46.9 Å². The molecule has 0 aliphatic carbocycles. The first-order chi connectivity index (χ1) is 13.7. The minimum Gasteiger partial charge on any atom is -0.493 e. The molecule has 0 spiro atoms. The molecule has 0 saturated heterocycles. The average molecular weight is 419 g/mol. The van der Waals surface area contributed by atoms with E-state index in [0.29, 0.717) is 18.0 Å². The SMILES string of the molecule is CC(C)(C)OC(=O)NCCN(C(=O)c1ccc2c(c1)CCO2)c1ccnc(Cl)n1. The largest absolute Gasteiger partial charge is 0.493 e. The molecule has 3 rings (SSSR count). The molecule has 2 aromatic rings. The topological polar surface area (TPSA) is 93.7 Å². The van der Waals surface area contributed by atoms with Crippen LogP contribution in [0.2, 0.25) is 5.28 Å². The fourth-order valence-corrected chi connectivity index (χ4v) is 3.00. The van der Waals surface area contributed by atoms with E-state index < -0.39 is 11.7 Å². The molecule has 0 saturated carbocycles. The van der Waals surface area contributed by atoms with Crippen LogP contribution in [0.15, 0.2) is 30.5 Å². The van der Waals surface area contributed by atoms with E-state index in [9.17, 15) is 9.59 Å². The number of hydrogen-bond acceptors (Lipinski definition) is 6. The van der Waals surface area contributed by atoms with Crippen molar-refractivity contribution >= 4 is 29.4 Å². The minimum absolute atomic E-state index is 0.0303. The van der Waals surface area contributed by atoms with Gasteiger partial charge >= 0.3 is 6.09 Å². The highest BCUT2D eigenvalue weighted by Crippen LogP contribution is 2.27. The summed E-state index contributed by atoms with van der Waals surface area (Å²) in [6.45, 7) is 6.31. The van der Waals surface area contributed by atoms with Crippen molar-refractivity contribution < 1.29 is 19.1 Å². The molecule has 1 aromatic carbocycles. The van der Waals surface area contributed by atoms with Crippen LogP contribution in [0.1, 0.15) is 36.7 Å². The highest BCUT2D eigenvalue weighted by molar-refractivity contribution is 6.28. The number of nitrogens with zero attached hydrogens (tertiary/aromatic N) is 3. The highest BCUT2D eigenvalue weighted by Gasteiger charge is 2.23. The molecule has 2 amide bonds. The first-order valence-electron chi connectivity index (χ1n) is 9.26. The Morgan fingerprint density at radius 3 is 2.83 bits per heavy atom. The van der Waals surface area contributed by atoms with E-state index >= 15 is 0 Å². The number of benzene rings is 1. The van der Waals surface area contributed by atoms with Gasteiger partial charge in [-0.1, -0.05) is 0 Å². The maximum absolute atomic E-state index is 13.2. The van der Waals surface area contributed by atoms with Crippen molar-refractivity contribution in [1.29, 1.82) is 0 Å². The quantitative estimate of drug-likeness (QED) is 0.749. The van der Waals surface area contributed by atoms with Gasteiger partial charge in [0.05, 0.1) is 6.61 Å². The number of fused-ring (bicyclic) bond motifs is 1. The van der Waals surface area contributed by atoms with Crippen LogP contribution < -0.4 is 15.0 Å². The zero-order valence-corrected chi connectivity index (χ0v) is 17.3. The molecular weight excluding hydrogens is 396 g/mol. The number of nitrogens with one attached hydrogen (secondary N) is 1. The molecule has 0 bridgehead atoms. The summed E-state index contributed by atoms with van der Waals surface area (Å²) in [6, 6.07) is 6.92. The van der Waals surface area contributed by atoms with E-state index in [4.69, 9.17) is 21.1 Å².